The van der Waals surface area contributed by atoms with Gasteiger partial charge in [-0.3, -0.25) is 0 Å². The van der Waals surface area contributed by atoms with E-state index in [2.05, 4.69) is 33.4 Å². The number of thiophene rings is 1. The van der Waals surface area contributed by atoms with Gasteiger partial charge in [0.1, 0.15) is 4.88 Å². The molecular weight excluding hydrogens is 326 g/mol. The first-order chi connectivity index (χ1) is 9.06. The fourth-order valence-corrected chi connectivity index (χ4v) is 3.12. The molecule has 2 rings (SSSR count). The maximum absolute atomic E-state index is 10.9. The molecular formula is C14H14BrNO2S. The lowest BCUT2D eigenvalue weighted by Gasteiger charge is -2.05. The second-order valence-corrected chi connectivity index (χ2v) is 6.40. The highest BCUT2D eigenvalue weighted by Gasteiger charge is 2.10. The summed E-state index contributed by atoms with van der Waals surface area (Å²) in [6.45, 7) is 3.40. The average molecular weight is 340 g/mol. The molecule has 1 aromatic heterocycles. The summed E-state index contributed by atoms with van der Waals surface area (Å²) < 4.78 is 1.06. The van der Waals surface area contributed by atoms with Gasteiger partial charge in [0.05, 0.1) is 0 Å². The van der Waals surface area contributed by atoms with Gasteiger partial charge in [-0.25, -0.2) is 4.79 Å². The van der Waals surface area contributed by atoms with Crippen LogP contribution in [0, 0.1) is 6.92 Å². The van der Waals surface area contributed by atoms with Crippen LogP contribution in [0.15, 0.2) is 34.8 Å². The first-order valence-electron chi connectivity index (χ1n) is 5.84. The Morgan fingerprint density at radius 1 is 1.37 bits per heavy atom. The number of aromatic carboxylic acids is 1. The molecule has 0 unspecified atom stereocenters. The van der Waals surface area contributed by atoms with Crippen molar-refractivity contribution in [1.82, 2.24) is 5.32 Å². The number of rotatable bonds is 5. The van der Waals surface area contributed by atoms with Gasteiger partial charge in [-0.1, -0.05) is 28.1 Å². The highest BCUT2D eigenvalue weighted by Crippen LogP contribution is 2.21. The normalized spacial score (nSPS) is 10.6. The molecule has 0 saturated heterocycles. The smallest absolute Gasteiger partial charge is 0.345 e. The molecule has 2 N–H and O–H groups in total. The van der Waals surface area contributed by atoms with E-state index in [0.717, 1.165) is 21.5 Å². The highest BCUT2D eigenvalue weighted by molar-refractivity contribution is 9.10. The van der Waals surface area contributed by atoms with Crippen molar-refractivity contribution in [1.29, 1.82) is 0 Å². The van der Waals surface area contributed by atoms with E-state index >= 15 is 0 Å². The van der Waals surface area contributed by atoms with Crippen molar-refractivity contribution >= 4 is 33.2 Å². The second-order valence-electron chi connectivity index (χ2n) is 4.23. The van der Waals surface area contributed by atoms with E-state index in [0.29, 0.717) is 11.4 Å². The van der Waals surface area contributed by atoms with Gasteiger partial charge < -0.3 is 10.4 Å². The molecule has 100 valence electrons. The largest absolute Gasteiger partial charge is 0.477 e. The zero-order chi connectivity index (χ0) is 13.8. The Morgan fingerprint density at radius 3 is 2.79 bits per heavy atom. The van der Waals surface area contributed by atoms with Crippen LogP contribution in [0.5, 0.6) is 0 Å². The zero-order valence-electron chi connectivity index (χ0n) is 10.4. The fourth-order valence-electron chi connectivity index (χ4n) is 1.79. The summed E-state index contributed by atoms with van der Waals surface area (Å²) in [6, 6.07) is 9.86. The summed E-state index contributed by atoms with van der Waals surface area (Å²) in [4.78, 5) is 12.3. The molecule has 0 fully saturated rings. The van der Waals surface area contributed by atoms with Crippen molar-refractivity contribution in [3.05, 3.63) is 55.7 Å². The Morgan fingerprint density at radius 2 is 2.16 bits per heavy atom. The van der Waals surface area contributed by atoms with E-state index in [-0.39, 0.29) is 0 Å². The Labute approximate surface area is 124 Å². The zero-order valence-corrected chi connectivity index (χ0v) is 12.8. The van der Waals surface area contributed by atoms with E-state index < -0.39 is 5.97 Å². The van der Waals surface area contributed by atoms with Crippen LogP contribution in [-0.4, -0.2) is 11.1 Å². The van der Waals surface area contributed by atoms with Gasteiger partial charge in [0.2, 0.25) is 0 Å². The number of carboxylic acid groups (broad SMARTS) is 1. The van der Waals surface area contributed by atoms with Crippen LogP contribution in [0.1, 0.15) is 25.7 Å². The quantitative estimate of drug-likeness (QED) is 0.870. The van der Waals surface area contributed by atoms with Gasteiger partial charge in [0.15, 0.2) is 0 Å². The van der Waals surface area contributed by atoms with Crippen LogP contribution >= 0.6 is 27.3 Å². The monoisotopic (exact) mass is 339 g/mol. The van der Waals surface area contributed by atoms with E-state index in [1.807, 2.05) is 19.1 Å². The lowest BCUT2D eigenvalue weighted by atomic mass is 10.2. The summed E-state index contributed by atoms with van der Waals surface area (Å²) in [5, 5.41) is 12.3. The van der Waals surface area contributed by atoms with E-state index in [9.17, 15) is 4.79 Å². The Kier molecular flexibility index (Phi) is 4.74. The summed E-state index contributed by atoms with van der Waals surface area (Å²) in [5.74, 6) is -0.855. The molecule has 0 bridgehead atoms. The van der Waals surface area contributed by atoms with E-state index in [4.69, 9.17) is 5.11 Å². The maximum Gasteiger partial charge on any atom is 0.345 e. The minimum absolute atomic E-state index is 0.400. The van der Waals surface area contributed by atoms with Crippen LogP contribution in [0.4, 0.5) is 0 Å². The predicted molar refractivity (Wildman–Crippen MR) is 80.7 cm³/mol. The first-order valence-corrected chi connectivity index (χ1v) is 7.45. The van der Waals surface area contributed by atoms with Gasteiger partial charge >= 0.3 is 5.97 Å². The number of halogens is 1. The molecule has 3 nitrogen and oxygen atoms in total. The third-order valence-electron chi connectivity index (χ3n) is 2.76. The van der Waals surface area contributed by atoms with Crippen LogP contribution in [0.2, 0.25) is 0 Å². The van der Waals surface area contributed by atoms with Crippen molar-refractivity contribution in [3.63, 3.8) is 0 Å². The third kappa shape index (κ3) is 3.89. The Hall–Kier alpha value is -1.17. The standard InChI is InChI=1S/C14H14BrNO2S/c1-9-11(6-13(19-9)14(17)18)8-16-7-10-3-2-4-12(15)5-10/h2-6,16H,7-8H2,1H3,(H,17,18). The van der Waals surface area contributed by atoms with Crippen LogP contribution in [0.25, 0.3) is 0 Å². The molecule has 0 radical (unpaired) electrons. The molecule has 0 aliphatic heterocycles. The van der Waals surface area contributed by atoms with Crippen molar-refractivity contribution in [2.24, 2.45) is 0 Å². The number of hydrogen-bond donors (Lipinski definition) is 2. The molecule has 0 spiro atoms. The molecule has 1 heterocycles. The Balaban J connectivity index is 1.94. The van der Waals surface area contributed by atoms with Gasteiger partial charge in [0.25, 0.3) is 0 Å². The van der Waals surface area contributed by atoms with Crippen LogP contribution < -0.4 is 5.32 Å². The van der Waals surface area contributed by atoms with Crippen LogP contribution in [-0.2, 0) is 13.1 Å². The molecule has 1 aromatic carbocycles. The van der Waals surface area contributed by atoms with Crippen molar-refractivity contribution in [3.8, 4) is 0 Å². The van der Waals surface area contributed by atoms with Crippen LogP contribution in [0.3, 0.4) is 0 Å². The van der Waals surface area contributed by atoms with Crippen molar-refractivity contribution < 1.29 is 9.90 Å². The number of nitrogens with one attached hydrogen (secondary N) is 1. The summed E-state index contributed by atoms with van der Waals surface area (Å²) in [7, 11) is 0. The summed E-state index contributed by atoms with van der Waals surface area (Å²) in [6.07, 6.45) is 0. The molecule has 19 heavy (non-hydrogen) atoms. The maximum atomic E-state index is 10.9. The number of benzene rings is 1. The molecule has 0 saturated carbocycles. The van der Waals surface area contributed by atoms with Crippen molar-refractivity contribution in [2.45, 2.75) is 20.0 Å². The third-order valence-corrected chi connectivity index (χ3v) is 4.34. The van der Waals surface area contributed by atoms with Crippen molar-refractivity contribution in [2.75, 3.05) is 0 Å². The summed E-state index contributed by atoms with van der Waals surface area (Å²) >= 11 is 4.76. The number of carboxylic acids is 1. The predicted octanol–water partition coefficient (Wildman–Crippen LogP) is 3.81. The second kappa shape index (κ2) is 6.32. The molecule has 0 aliphatic rings. The fraction of sp³-hybridized carbons (Fsp3) is 0.214. The molecule has 0 atom stereocenters. The first kappa shape index (κ1) is 14.2. The number of carbonyl (C=O) groups is 1. The molecule has 2 aromatic rings. The lowest BCUT2D eigenvalue weighted by molar-refractivity contribution is 0.0702. The SMILES string of the molecule is Cc1sc(C(=O)O)cc1CNCc1cccc(Br)c1. The van der Waals surface area contributed by atoms with Gasteiger partial charge in [-0.2, -0.15) is 0 Å². The molecule has 0 amide bonds. The summed E-state index contributed by atoms with van der Waals surface area (Å²) in [5.41, 5.74) is 2.25. The minimum Gasteiger partial charge on any atom is -0.477 e. The number of aryl methyl sites for hydroxylation is 1. The molecule has 5 heteroatoms. The number of hydrogen-bond acceptors (Lipinski definition) is 3. The molecule has 0 aliphatic carbocycles. The van der Waals surface area contributed by atoms with E-state index in [1.54, 1.807) is 6.07 Å². The van der Waals surface area contributed by atoms with Gasteiger partial charge in [-0.05, 0) is 36.2 Å². The topological polar surface area (TPSA) is 49.3 Å². The Bertz CT molecular complexity index is 595. The van der Waals surface area contributed by atoms with Gasteiger partial charge in [-0.15, -0.1) is 11.3 Å². The lowest BCUT2D eigenvalue weighted by Crippen LogP contribution is -2.12. The van der Waals surface area contributed by atoms with E-state index in [1.165, 1.54) is 16.9 Å². The van der Waals surface area contributed by atoms with Gasteiger partial charge in [0, 0.05) is 22.4 Å². The highest BCUT2D eigenvalue weighted by atomic mass is 79.9. The average Bonchev–Trinajstić information content (AvgIpc) is 2.71. The minimum atomic E-state index is -0.855.